The molecule has 1 saturated heterocycles. The van der Waals surface area contributed by atoms with Crippen molar-refractivity contribution in [3.05, 3.63) is 35.9 Å². The maximum absolute atomic E-state index is 12.0. The lowest BCUT2D eigenvalue weighted by molar-refractivity contribution is 0.183. The Hall–Kier alpha value is -1.59. The molecule has 1 aromatic carbocycles. The summed E-state index contributed by atoms with van der Waals surface area (Å²) in [6.07, 6.45) is 2.45. The zero-order valence-electron chi connectivity index (χ0n) is 12.7. The molecule has 1 unspecified atom stereocenters. The molecule has 1 aromatic rings. The molecule has 5 nitrogen and oxygen atoms in total. The fourth-order valence-corrected chi connectivity index (χ4v) is 2.76. The number of carbonyl (C=O) groups is 1. The average molecular weight is 291 g/mol. The van der Waals surface area contributed by atoms with Gasteiger partial charge in [-0.15, -0.1) is 0 Å². The summed E-state index contributed by atoms with van der Waals surface area (Å²) in [7, 11) is 1.69. The second-order valence-electron chi connectivity index (χ2n) is 5.50. The zero-order chi connectivity index (χ0) is 15.1. The standard InChI is InChI=1S/C16H25N3O2/c1-18(11-12-20)16(21)17-13-15(19-9-5-6-10-19)14-7-3-2-4-8-14/h2-4,7-8,15,20H,5-6,9-13H2,1H3,(H,17,21). The second kappa shape index (κ2) is 8.00. The first-order valence-corrected chi connectivity index (χ1v) is 7.61. The van der Waals surface area contributed by atoms with E-state index in [0.717, 1.165) is 13.1 Å². The van der Waals surface area contributed by atoms with Crippen LogP contribution in [0, 0.1) is 0 Å². The Morgan fingerprint density at radius 2 is 2.00 bits per heavy atom. The van der Waals surface area contributed by atoms with Gasteiger partial charge in [-0.05, 0) is 31.5 Å². The Morgan fingerprint density at radius 3 is 2.62 bits per heavy atom. The lowest BCUT2D eigenvalue weighted by Gasteiger charge is -2.29. The molecule has 0 bridgehead atoms. The van der Waals surface area contributed by atoms with Crippen LogP contribution in [0.4, 0.5) is 4.79 Å². The number of carbonyl (C=O) groups excluding carboxylic acids is 1. The maximum Gasteiger partial charge on any atom is 0.317 e. The Labute approximate surface area is 126 Å². The molecule has 2 amide bonds. The summed E-state index contributed by atoms with van der Waals surface area (Å²) in [4.78, 5) is 15.9. The zero-order valence-corrected chi connectivity index (χ0v) is 12.7. The van der Waals surface area contributed by atoms with Crippen LogP contribution >= 0.6 is 0 Å². The van der Waals surface area contributed by atoms with Gasteiger partial charge < -0.3 is 15.3 Å². The van der Waals surface area contributed by atoms with Crippen LogP contribution in [0.5, 0.6) is 0 Å². The van der Waals surface area contributed by atoms with Gasteiger partial charge in [-0.1, -0.05) is 30.3 Å². The predicted molar refractivity (Wildman–Crippen MR) is 83.1 cm³/mol. The van der Waals surface area contributed by atoms with Gasteiger partial charge in [0.25, 0.3) is 0 Å². The van der Waals surface area contributed by atoms with E-state index in [0.29, 0.717) is 13.1 Å². The van der Waals surface area contributed by atoms with E-state index >= 15 is 0 Å². The normalized spacial score (nSPS) is 16.7. The predicted octanol–water partition coefficient (Wildman–Crippen LogP) is 1.46. The molecular weight excluding hydrogens is 266 g/mol. The Bertz CT molecular complexity index is 432. The number of urea groups is 1. The summed E-state index contributed by atoms with van der Waals surface area (Å²) >= 11 is 0. The van der Waals surface area contributed by atoms with Gasteiger partial charge in [-0.3, -0.25) is 4.90 Å². The van der Waals surface area contributed by atoms with Crippen molar-refractivity contribution in [1.29, 1.82) is 0 Å². The van der Waals surface area contributed by atoms with Crippen LogP contribution in [0.3, 0.4) is 0 Å². The van der Waals surface area contributed by atoms with E-state index in [-0.39, 0.29) is 18.7 Å². The molecule has 0 spiro atoms. The summed E-state index contributed by atoms with van der Waals surface area (Å²) in [5.74, 6) is 0. The minimum Gasteiger partial charge on any atom is -0.395 e. The summed E-state index contributed by atoms with van der Waals surface area (Å²) < 4.78 is 0. The van der Waals surface area contributed by atoms with Gasteiger partial charge in [0.05, 0.1) is 12.6 Å². The minimum absolute atomic E-state index is 0.0157. The number of nitrogens with one attached hydrogen (secondary N) is 1. The van der Waals surface area contributed by atoms with Gasteiger partial charge in [-0.2, -0.15) is 0 Å². The van der Waals surface area contributed by atoms with E-state index in [1.54, 1.807) is 7.05 Å². The van der Waals surface area contributed by atoms with Gasteiger partial charge >= 0.3 is 6.03 Å². The number of nitrogens with zero attached hydrogens (tertiary/aromatic N) is 2. The molecule has 0 radical (unpaired) electrons. The van der Waals surface area contributed by atoms with E-state index in [1.165, 1.54) is 23.3 Å². The fourth-order valence-electron chi connectivity index (χ4n) is 2.76. The van der Waals surface area contributed by atoms with Crippen molar-refractivity contribution in [3.8, 4) is 0 Å². The van der Waals surface area contributed by atoms with Crippen LogP contribution in [-0.4, -0.2) is 60.8 Å². The molecule has 0 aromatic heterocycles. The lowest BCUT2D eigenvalue weighted by Crippen LogP contribution is -2.43. The Balaban J connectivity index is 1.98. The van der Waals surface area contributed by atoms with Crippen LogP contribution < -0.4 is 5.32 Å². The van der Waals surface area contributed by atoms with Crippen LogP contribution in [0.25, 0.3) is 0 Å². The number of benzene rings is 1. The van der Waals surface area contributed by atoms with Crippen molar-refractivity contribution in [2.45, 2.75) is 18.9 Å². The Morgan fingerprint density at radius 1 is 1.33 bits per heavy atom. The minimum atomic E-state index is -0.135. The SMILES string of the molecule is CN(CCO)C(=O)NCC(c1ccccc1)N1CCCC1. The van der Waals surface area contributed by atoms with Gasteiger partial charge in [-0.25, -0.2) is 4.79 Å². The van der Waals surface area contributed by atoms with Crippen LogP contribution in [0.15, 0.2) is 30.3 Å². The molecule has 0 saturated carbocycles. The van der Waals surface area contributed by atoms with Crippen molar-refractivity contribution in [3.63, 3.8) is 0 Å². The van der Waals surface area contributed by atoms with E-state index in [1.807, 2.05) is 18.2 Å². The number of likely N-dealkylation sites (N-methyl/N-ethyl adjacent to an activating group) is 1. The van der Waals surface area contributed by atoms with Crippen LogP contribution in [0.1, 0.15) is 24.4 Å². The molecule has 2 rings (SSSR count). The number of rotatable bonds is 6. The van der Waals surface area contributed by atoms with Crippen molar-refractivity contribution in [2.75, 3.05) is 39.8 Å². The summed E-state index contributed by atoms with van der Waals surface area (Å²) in [6, 6.07) is 10.4. The van der Waals surface area contributed by atoms with Gasteiger partial charge in [0, 0.05) is 20.1 Å². The molecule has 1 aliphatic rings. The van der Waals surface area contributed by atoms with Gasteiger partial charge in [0.2, 0.25) is 0 Å². The molecule has 1 aliphatic heterocycles. The maximum atomic E-state index is 12.0. The van der Waals surface area contributed by atoms with Crippen molar-refractivity contribution >= 4 is 6.03 Å². The summed E-state index contributed by atoms with van der Waals surface area (Å²) in [5.41, 5.74) is 1.24. The first kappa shape index (κ1) is 15.8. The molecule has 21 heavy (non-hydrogen) atoms. The fraction of sp³-hybridized carbons (Fsp3) is 0.562. The average Bonchev–Trinajstić information content (AvgIpc) is 3.03. The van der Waals surface area contributed by atoms with Crippen molar-refractivity contribution in [1.82, 2.24) is 15.1 Å². The number of hydrogen-bond acceptors (Lipinski definition) is 3. The van der Waals surface area contributed by atoms with E-state index in [2.05, 4.69) is 22.3 Å². The quantitative estimate of drug-likeness (QED) is 0.834. The first-order chi connectivity index (χ1) is 10.2. The van der Waals surface area contributed by atoms with Gasteiger partial charge in [0.15, 0.2) is 0 Å². The highest BCUT2D eigenvalue weighted by atomic mass is 16.3. The molecule has 5 heteroatoms. The number of amides is 2. The number of hydrogen-bond donors (Lipinski definition) is 2. The second-order valence-corrected chi connectivity index (χ2v) is 5.50. The first-order valence-electron chi connectivity index (χ1n) is 7.61. The highest BCUT2D eigenvalue weighted by Crippen LogP contribution is 2.24. The van der Waals surface area contributed by atoms with Crippen LogP contribution in [0.2, 0.25) is 0 Å². The third-order valence-corrected chi connectivity index (χ3v) is 3.99. The van der Waals surface area contributed by atoms with Crippen LogP contribution in [-0.2, 0) is 0 Å². The molecule has 2 N–H and O–H groups in total. The van der Waals surface area contributed by atoms with Gasteiger partial charge in [0.1, 0.15) is 0 Å². The Kier molecular flexibility index (Phi) is 6.02. The van der Waals surface area contributed by atoms with E-state index < -0.39 is 0 Å². The monoisotopic (exact) mass is 291 g/mol. The smallest absolute Gasteiger partial charge is 0.317 e. The molecule has 1 heterocycles. The molecular formula is C16H25N3O2. The van der Waals surface area contributed by atoms with E-state index in [4.69, 9.17) is 5.11 Å². The van der Waals surface area contributed by atoms with Crippen molar-refractivity contribution < 1.29 is 9.90 Å². The topological polar surface area (TPSA) is 55.8 Å². The number of aliphatic hydroxyl groups is 1. The summed E-state index contributed by atoms with van der Waals surface area (Å²) in [6.45, 7) is 3.10. The largest absolute Gasteiger partial charge is 0.395 e. The number of likely N-dealkylation sites (tertiary alicyclic amines) is 1. The number of aliphatic hydroxyl groups excluding tert-OH is 1. The van der Waals surface area contributed by atoms with E-state index in [9.17, 15) is 4.79 Å². The highest BCUT2D eigenvalue weighted by Gasteiger charge is 2.24. The molecule has 1 fully saturated rings. The molecule has 0 aliphatic carbocycles. The molecule has 116 valence electrons. The third-order valence-electron chi connectivity index (χ3n) is 3.99. The lowest BCUT2D eigenvalue weighted by atomic mass is 10.1. The molecule has 1 atom stereocenters. The highest BCUT2D eigenvalue weighted by molar-refractivity contribution is 5.73. The summed E-state index contributed by atoms with van der Waals surface area (Å²) in [5, 5.41) is 11.9. The third kappa shape index (κ3) is 4.44. The van der Waals surface area contributed by atoms with Crippen molar-refractivity contribution in [2.24, 2.45) is 0 Å².